The van der Waals surface area contributed by atoms with E-state index in [-0.39, 0.29) is 12.4 Å². The normalized spacial score (nSPS) is 10.5. The molecule has 0 unspecified atom stereocenters. The van der Waals surface area contributed by atoms with E-state index in [0.29, 0.717) is 17.8 Å². The largest absolute Gasteiger partial charge is 0.397 e. The van der Waals surface area contributed by atoms with Crippen LogP contribution in [0.25, 0.3) is 0 Å². The van der Waals surface area contributed by atoms with Crippen LogP contribution < -0.4 is 11.1 Å². The zero-order valence-corrected chi connectivity index (χ0v) is 10.8. The maximum Gasteiger partial charge on any atom is 0.128 e. The standard InChI is InChI=1S/C15H17FN2O/c1-10-6-15(14(17)7-13(10)16)18-8-11-2-4-12(9-19)5-3-11/h2-7,18-19H,8-9,17H2,1H3. The van der Waals surface area contributed by atoms with Crippen molar-refractivity contribution >= 4 is 11.4 Å². The number of aryl methyl sites for hydroxylation is 1. The molecule has 0 aliphatic heterocycles. The van der Waals surface area contributed by atoms with Crippen molar-refractivity contribution in [1.29, 1.82) is 0 Å². The van der Waals surface area contributed by atoms with Crippen LogP contribution in [0.5, 0.6) is 0 Å². The van der Waals surface area contributed by atoms with E-state index in [2.05, 4.69) is 5.32 Å². The van der Waals surface area contributed by atoms with Crippen LogP contribution in [0.2, 0.25) is 0 Å². The lowest BCUT2D eigenvalue weighted by Crippen LogP contribution is -2.04. The number of aliphatic hydroxyl groups excluding tert-OH is 1. The molecular formula is C15H17FN2O. The minimum Gasteiger partial charge on any atom is -0.397 e. The molecule has 0 aromatic heterocycles. The Morgan fingerprint density at radius 1 is 1.16 bits per heavy atom. The second kappa shape index (κ2) is 5.71. The van der Waals surface area contributed by atoms with Crippen molar-refractivity contribution in [3.63, 3.8) is 0 Å². The number of nitrogens with one attached hydrogen (secondary N) is 1. The summed E-state index contributed by atoms with van der Waals surface area (Å²) < 4.78 is 13.3. The molecule has 3 nitrogen and oxygen atoms in total. The Morgan fingerprint density at radius 2 is 1.79 bits per heavy atom. The maximum absolute atomic E-state index is 13.3. The molecule has 0 amide bonds. The van der Waals surface area contributed by atoms with E-state index in [1.807, 2.05) is 24.3 Å². The van der Waals surface area contributed by atoms with Crippen LogP contribution in [-0.2, 0) is 13.2 Å². The Labute approximate surface area is 111 Å². The zero-order valence-electron chi connectivity index (χ0n) is 10.8. The highest BCUT2D eigenvalue weighted by atomic mass is 19.1. The molecule has 0 atom stereocenters. The summed E-state index contributed by atoms with van der Waals surface area (Å²) in [7, 11) is 0. The lowest BCUT2D eigenvalue weighted by Gasteiger charge is -2.11. The fraction of sp³-hybridized carbons (Fsp3) is 0.200. The third kappa shape index (κ3) is 3.23. The van der Waals surface area contributed by atoms with Crippen molar-refractivity contribution in [3.8, 4) is 0 Å². The van der Waals surface area contributed by atoms with Crippen LogP contribution in [-0.4, -0.2) is 5.11 Å². The molecule has 0 fully saturated rings. The van der Waals surface area contributed by atoms with Gasteiger partial charge in [0.1, 0.15) is 5.82 Å². The van der Waals surface area contributed by atoms with Gasteiger partial charge in [-0.15, -0.1) is 0 Å². The van der Waals surface area contributed by atoms with Gasteiger partial charge in [0.25, 0.3) is 0 Å². The monoisotopic (exact) mass is 260 g/mol. The molecule has 0 saturated heterocycles. The van der Waals surface area contributed by atoms with E-state index in [0.717, 1.165) is 16.8 Å². The number of nitrogens with two attached hydrogens (primary N) is 1. The van der Waals surface area contributed by atoms with Crippen LogP contribution in [0.4, 0.5) is 15.8 Å². The van der Waals surface area contributed by atoms with Crippen molar-refractivity contribution < 1.29 is 9.50 Å². The number of halogens is 1. The molecule has 0 spiro atoms. The minimum absolute atomic E-state index is 0.0395. The Morgan fingerprint density at radius 3 is 2.42 bits per heavy atom. The lowest BCUT2D eigenvalue weighted by molar-refractivity contribution is 0.282. The van der Waals surface area contributed by atoms with Gasteiger partial charge >= 0.3 is 0 Å². The van der Waals surface area contributed by atoms with Crippen molar-refractivity contribution in [1.82, 2.24) is 0 Å². The van der Waals surface area contributed by atoms with Gasteiger partial charge in [0, 0.05) is 6.54 Å². The minimum atomic E-state index is -0.296. The van der Waals surface area contributed by atoms with Gasteiger partial charge in [0.15, 0.2) is 0 Å². The Hall–Kier alpha value is -2.07. The number of benzene rings is 2. The van der Waals surface area contributed by atoms with E-state index in [1.165, 1.54) is 6.07 Å². The molecule has 4 heteroatoms. The summed E-state index contributed by atoms with van der Waals surface area (Å²) in [4.78, 5) is 0. The third-order valence-corrected chi connectivity index (χ3v) is 3.02. The molecule has 19 heavy (non-hydrogen) atoms. The molecule has 0 aliphatic rings. The SMILES string of the molecule is Cc1cc(NCc2ccc(CO)cc2)c(N)cc1F. The second-order valence-corrected chi connectivity index (χ2v) is 4.52. The average molecular weight is 260 g/mol. The molecule has 0 aliphatic carbocycles. The quantitative estimate of drug-likeness (QED) is 0.741. The Balaban J connectivity index is 2.07. The number of rotatable bonds is 4. The summed E-state index contributed by atoms with van der Waals surface area (Å²) in [5.41, 5.74) is 9.40. The van der Waals surface area contributed by atoms with Crippen LogP contribution in [0, 0.1) is 12.7 Å². The van der Waals surface area contributed by atoms with Crippen molar-refractivity contribution in [2.24, 2.45) is 0 Å². The van der Waals surface area contributed by atoms with E-state index in [4.69, 9.17) is 10.8 Å². The van der Waals surface area contributed by atoms with Gasteiger partial charge in [-0.25, -0.2) is 4.39 Å². The van der Waals surface area contributed by atoms with Crippen molar-refractivity contribution in [2.75, 3.05) is 11.1 Å². The molecule has 2 rings (SSSR count). The van der Waals surface area contributed by atoms with Crippen LogP contribution >= 0.6 is 0 Å². The lowest BCUT2D eigenvalue weighted by atomic mass is 10.1. The average Bonchev–Trinajstić information content (AvgIpc) is 2.42. The van der Waals surface area contributed by atoms with Crippen LogP contribution in [0.15, 0.2) is 36.4 Å². The highest BCUT2D eigenvalue weighted by Gasteiger charge is 2.04. The summed E-state index contributed by atoms with van der Waals surface area (Å²) in [6.45, 7) is 2.34. The first kappa shape index (κ1) is 13.4. The summed E-state index contributed by atoms with van der Waals surface area (Å²) in [6, 6.07) is 10.6. The van der Waals surface area contributed by atoms with Gasteiger partial charge in [0.2, 0.25) is 0 Å². The van der Waals surface area contributed by atoms with E-state index in [1.54, 1.807) is 13.0 Å². The van der Waals surface area contributed by atoms with Crippen molar-refractivity contribution in [2.45, 2.75) is 20.1 Å². The van der Waals surface area contributed by atoms with Gasteiger partial charge in [-0.05, 0) is 35.7 Å². The Bertz CT molecular complexity index is 567. The molecule has 100 valence electrons. The number of nitrogen functional groups attached to an aromatic ring is 1. The summed E-state index contributed by atoms with van der Waals surface area (Å²) in [5, 5.41) is 12.1. The first-order valence-electron chi connectivity index (χ1n) is 6.08. The van der Waals surface area contributed by atoms with Gasteiger partial charge in [-0.2, -0.15) is 0 Å². The number of anilines is 2. The highest BCUT2D eigenvalue weighted by Crippen LogP contribution is 2.23. The Kier molecular flexibility index (Phi) is 4.02. The molecule has 2 aromatic rings. The topological polar surface area (TPSA) is 58.3 Å². The van der Waals surface area contributed by atoms with E-state index >= 15 is 0 Å². The van der Waals surface area contributed by atoms with E-state index in [9.17, 15) is 4.39 Å². The summed E-state index contributed by atoms with van der Waals surface area (Å²) in [5.74, 6) is -0.296. The fourth-order valence-electron chi connectivity index (χ4n) is 1.81. The molecule has 0 saturated carbocycles. The summed E-state index contributed by atoms with van der Waals surface area (Å²) >= 11 is 0. The molecular weight excluding hydrogens is 243 g/mol. The summed E-state index contributed by atoms with van der Waals surface area (Å²) in [6.07, 6.45) is 0. The number of hydrogen-bond acceptors (Lipinski definition) is 3. The molecule has 0 radical (unpaired) electrons. The highest BCUT2D eigenvalue weighted by molar-refractivity contribution is 5.67. The molecule has 0 heterocycles. The smallest absolute Gasteiger partial charge is 0.128 e. The fourth-order valence-corrected chi connectivity index (χ4v) is 1.81. The van der Waals surface area contributed by atoms with Gasteiger partial charge in [-0.1, -0.05) is 24.3 Å². The zero-order chi connectivity index (χ0) is 13.8. The predicted octanol–water partition coefficient (Wildman–Crippen LogP) is 2.82. The van der Waals surface area contributed by atoms with Gasteiger partial charge < -0.3 is 16.2 Å². The molecule has 0 bridgehead atoms. The van der Waals surface area contributed by atoms with Gasteiger partial charge in [0.05, 0.1) is 18.0 Å². The maximum atomic E-state index is 13.3. The third-order valence-electron chi connectivity index (χ3n) is 3.02. The van der Waals surface area contributed by atoms with Crippen LogP contribution in [0.3, 0.4) is 0 Å². The number of aliphatic hydroxyl groups is 1. The first-order valence-corrected chi connectivity index (χ1v) is 6.08. The first-order chi connectivity index (χ1) is 9.10. The second-order valence-electron chi connectivity index (χ2n) is 4.52. The molecule has 4 N–H and O–H groups in total. The van der Waals surface area contributed by atoms with Gasteiger partial charge in [-0.3, -0.25) is 0 Å². The van der Waals surface area contributed by atoms with Crippen molar-refractivity contribution in [3.05, 3.63) is 58.9 Å². The van der Waals surface area contributed by atoms with E-state index < -0.39 is 0 Å². The number of hydrogen-bond donors (Lipinski definition) is 3. The predicted molar refractivity (Wildman–Crippen MR) is 75.2 cm³/mol. The molecule has 2 aromatic carbocycles. The van der Waals surface area contributed by atoms with Crippen LogP contribution in [0.1, 0.15) is 16.7 Å².